The molecule has 2 aliphatic carbocycles. The van der Waals surface area contributed by atoms with Gasteiger partial charge in [-0.3, -0.25) is 14.2 Å². The van der Waals surface area contributed by atoms with Gasteiger partial charge in [0.25, 0.3) is 0 Å². The van der Waals surface area contributed by atoms with Crippen molar-refractivity contribution < 1.29 is 42.6 Å². The number of anilines is 1. The molecule has 1 aliphatic heterocycles. The van der Waals surface area contributed by atoms with Crippen LogP contribution in [0.1, 0.15) is 45.8 Å². The zero-order valence-electron chi connectivity index (χ0n) is 23.6. The molecule has 2 saturated carbocycles. The lowest BCUT2D eigenvalue weighted by Gasteiger charge is -2.37. The van der Waals surface area contributed by atoms with Gasteiger partial charge < -0.3 is 36.1 Å². The lowest BCUT2D eigenvalue weighted by Crippen LogP contribution is -2.42. The molecule has 0 aromatic carbocycles. The third kappa shape index (κ3) is 6.13. The van der Waals surface area contributed by atoms with Gasteiger partial charge in [0, 0.05) is 18.3 Å². The van der Waals surface area contributed by atoms with Crippen molar-refractivity contribution in [2.75, 3.05) is 29.2 Å². The molecule has 2 aromatic rings. The molecule has 15 nitrogen and oxygen atoms in total. The molecule has 234 valence electrons. The molecule has 2 aromatic heterocycles. The number of nitrogen functional groups attached to an aromatic ring is 1. The lowest BCUT2D eigenvalue weighted by atomic mass is 9.70. The second-order valence-corrected chi connectivity index (χ2v) is 15.6. The van der Waals surface area contributed by atoms with Gasteiger partial charge in [-0.1, -0.05) is 13.8 Å². The van der Waals surface area contributed by atoms with E-state index >= 15 is 0 Å². The van der Waals surface area contributed by atoms with E-state index in [4.69, 9.17) is 21.3 Å². The summed E-state index contributed by atoms with van der Waals surface area (Å²) in [5, 5.41) is 29.7. The van der Waals surface area contributed by atoms with Gasteiger partial charge >= 0.3 is 5.97 Å². The van der Waals surface area contributed by atoms with Crippen LogP contribution in [-0.4, -0.2) is 107 Å². The molecular formula is C25H38N6O9S2. The topological polar surface area (TPSA) is 257 Å². The van der Waals surface area contributed by atoms with E-state index in [0.717, 1.165) is 6.42 Å². The molecule has 1 saturated heterocycles. The van der Waals surface area contributed by atoms with Gasteiger partial charge in [0.15, 0.2) is 17.7 Å². The van der Waals surface area contributed by atoms with E-state index in [1.807, 2.05) is 20.1 Å². The van der Waals surface area contributed by atoms with Crippen LogP contribution >= 0.6 is 0 Å². The first-order valence-electron chi connectivity index (χ1n) is 13.5. The number of aliphatic carboxylic acids is 1. The van der Waals surface area contributed by atoms with Crippen molar-refractivity contribution in [1.29, 1.82) is 0 Å². The summed E-state index contributed by atoms with van der Waals surface area (Å²) in [6.45, 7) is 3.83. The van der Waals surface area contributed by atoms with Gasteiger partial charge in [0.1, 0.15) is 53.5 Å². The van der Waals surface area contributed by atoms with Crippen LogP contribution in [0.2, 0.25) is 0 Å². The number of carbonyl (C=O) groups excluding carboxylic acids is 1. The van der Waals surface area contributed by atoms with Gasteiger partial charge in [-0.25, -0.2) is 23.4 Å². The Balaban J connectivity index is 0.000000227. The Labute approximate surface area is 246 Å². The maximum atomic E-state index is 11.8. The molecule has 5 rings (SSSR count). The van der Waals surface area contributed by atoms with Gasteiger partial charge in [-0.15, -0.1) is 0 Å². The number of hydrogen-bond donors (Lipinski definition) is 5. The number of nitrogens with zero attached hydrogens (tertiary/aromatic N) is 4. The Morgan fingerprint density at radius 3 is 2.55 bits per heavy atom. The number of nitrogens with two attached hydrogens (primary N) is 2. The number of hydrogen-bond acceptors (Lipinski definition) is 13. The van der Waals surface area contributed by atoms with Crippen molar-refractivity contribution >= 4 is 49.7 Å². The number of ether oxygens (including phenoxy) is 1. The first-order valence-corrected chi connectivity index (χ1v) is 17.0. The molecule has 1 unspecified atom stereocenters. The van der Waals surface area contributed by atoms with E-state index in [2.05, 4.69) is 15.0 Å². The van der Waals surface area contributed by atoms with Crippen molar-refractivity contribution in [3.05, 3.63) is 12.7 Å². The second-order valence-electron chi connectivity index (χ2n) is 11.9. The summed E-state index contributed by atoms with van der Waals surface area (Å²) < 4.78 is 40.1. The third-order valence-corrected chi connectivity index (χ3v) is 11.8. The van der Waals surface area contributed by atoms with Crippen LogP contribution in [0.5, 0.6) is 0 Å². The molecule has 0 amide bonds. The number of Topliss-reactive ketones (excluding diaryl/α,β-unsaturated/α-hetero) is 1. The Hall–Kier alpha value is -2.41. The number of carboxylic acid groups (broad SMARTS) is 1. The summed E-state index contributed by atoms with van der Waals surface area (Å²) in [5.74, 6) is -0.0258. The molecule has 3 aliphatic rings. The second kappa shape index (κ2) is 11.9. The Kier molecular flexibility index (Phi) is 9.24. The van der Waals surface area contributed by atoms with Crippen LogP contribution in [0.3, 0.4) is 0 Å². The van der Waals surface area contributed by atoms with Gasteiger partial charge in [0.05, 0.1) is 28.5 Å². The molecule has 0 radical (unpaired) electrons. The fourth-order valence-electron chi connectivity index (χ4n) is 6.38. The molecular weight excluding hydrogens is 592 g/mol. The van der Waals surface area contributed by atoms with Crippen molar-refractivity contribution in [2.45, 2.75) is 70.1 Å². The fraction of sp³-hybridized carbons (Fsp3) is 0.720. The molecule has 42 heavy (non-hydrogen) atoms. The maximum absolute atomic E-state index is 11.8. The van der Waals surface area contributed by atoms with Gasteiger partial charge in [0.2, 0.25) is 0 Å². The molecule has 17 heteroatoms. The van der Waals surface area contributed by atoms with Crippen molar-refractivity contribution in [1.82, 2.24) is 19.5 Å². The molecule has 8 atom stereocenters. The van der Waals surface area contributed by atoms with Crippen LogP contribution in [0.25, 0.3) is 11.2 Å². The molecule has 3 fully saturated rings. The highest BCUT2D eigenvalue weighted by atomic mass is 32.2. The van der Waals surface area contributed by atoms with E-state index < -0.39 is 57.8 Å². The normalized spacial score (nSPS) is 31.6. The van der Waals surface area contributed by atoms with Crippen LogP contribution in [-0.2, 0) is 35.3 Å². The van der Waals surface area contributed by atoms with E-state index in [0.29, 0.717) is 41.9 Å². The van der Waals surface area contributed by atoms with Gasteiger partial charge in [-0.2, -0.15) is 0 Å². The average Bonchev–Trinajstić information content (AvgIpc) is 3.56. The SMILES string of the molecule is CC1(C)[C@H]2CC[C@]1(CS(=O)(=O)[O-])C(=O)C2.C[S+](CC[C@H](N)C(=O)O)C[C@H]1O[C@@H](n2cnc3c(N)ncnc32)[C@H](O)[C@@H]1O. The maximum Gasteiger partial charge on any atom is 0.320 e. The number of aliphatic hydroxyl groups is 2. The quantitative estimate of drug-likeness (QED) is 0.165. The predicted octanol–water partition coefficient (Wildman–Crippen LogP) is -0.995. The summed E-state index contributed by atoms with van der Waals surface area (Å²) in [5.41, 5.74) is 10.9. The number of ketones is 1. The number of fused-ring (bicyclic) bond motifs is 3. The minimum absolute atomic E-state index is 0.0248. The summed E-state index contributed by atoms with van der Waals surface area (Å²) in [6, 6.07) is -0.907. The highest BCUT2D eigenvalue weighted by molar-refractivity contribution is 7.96. The smallest absolute Gasteiger partial charge is 0.320 e. The van der Waals surface area contributed by atoms with Crippen LogP contribution in [0, 0.1) is 16.7 Å². The Morgan fingerprint density at radius 2 is 1.98 bits per heavy atom. The van der Waals surface area contributed by atoms with E-state index in [-0.39, 0.29) is 33.8 Å². The Bertz CT molecular complexity index is 1440. The number of carbonyl (C=O) groups is 2. The van der Waals surface area contributed by atoms with E-state index in [9.17, 15) is 32.8 Å². The largest absolute Gasteiger partial charge is 0.748 e. The highest BCUT2D eigenvalue weighted by Crippen LogP contribution is 2.64. The first-order chi connectivity index (χ1) is 19.5. The Morgan fingerprint density at radius 1 is 1.29 bits per heavy atom. The van der Waals surface area contributed by atoms with Crippen LogP contribution in [0.4, 0.5) is 5.82 Å². The van der Waals surface area contributed by atoms with Crippen LogP contribution < -0.4 is 11.5 Å². The molecule has 3 heterocycles. The summed E-state index contributed by atoms with van der Waals surface area (Å²) in [4.78, 5) is 34.8. The minimum atomic E-state index is -4.33. The number of aromatic nitrogens is 4. The highest BCUT2D eigenvalue weighted by Gasteiger charge is 2.64. The third-order valence-electron chi connectivity index (χ3n) is 9.10. The number of aliphatic hydroxyl groups excluding tert-OH is 2. The monoisotopic (exact) mass is 630 g/mol. The molecule has 7 N–H and O–H groups in total. The zero-order chi connectivity index (χ0) is 31.2. The number of imidazole rings is 1. The first kappa shape index (κ1) is 32.5. The van der Waals surface area contributed by atoms with Gasteiger partial charge in [-0.05, 0) is 35.1 Å². The minimum Gasteiger partial charge on any atom is -0.748 e. The molecule has 0 spiro atoms. The van der Waals surface area contributed by atoms with E-state index in [1.54, 1.807) is 0 Å². The van der Waals surface area contributed by atoms with E-state index in [1.165, 1.54) is 17.2 Å². The average molecular weight is 631 g/mol. The van der Waals surface area contributed by atoms with Crippen molar-refractivity contribution in [2.24, 2.45) is 22.5 Å². The standard InChI is InChI=1S/C15H22N6O5S.C10H16O4S/c1-27(3-2-7(16)15(24)25)4-8-10(22)11(23)14(26-8)21-6-20-9-12(17)18-5-19-13(9)21;1-9(2)7-3-4-10(9,8(11)5-7)6-15(12,13)14/h5-8,10-11,14,22-23H,2-4,16H2,1H3,(H2-,17,18,19,24,25);7H,3-6H2,1-2H3,(H,12,13,14)/t7-,8+,10+,11+,14+,27?;7-,10-/m00/s1. The predicted molar refractivity (Wildman–Crippen MR) is 152 cm³/mol. The fourth-order valence-corrected chi connectivity index (χ4v) is 9.32. The molecule has 2 bridgehead atoms. The summed E-state index contributed by atoms with van der Waals surface area (Å²) in [6.07, 6.45) is 3.19. The lowest BCUT2D eigenvalue weighted by molar-refractivity contribution is -0.138. The summed E-state index contributed by atoms with van der Waals surface area (Å²) >= 11 is 0. The zero-order valence-corrected chi connectivity index (χ0v) is 25.3. The number of carboxylic acids is 1. The summed E-state index contributed by atoms with van der Waals surface area (Å²) in [7, 11) is -4.56. The number of rotatable bonds is 9. The van der Waals surface area contributed by atoms with Crippen molar-refractivity contribution in [3.63, 3.8) is 0 Å². The van der Waals surface area contributed by atoms with Crippen LogP contribution in [0.15, 0.2) is 12.7 Å². The van der Waals surface area contributed by atoms with Crippen molar-refractivity contribution in [3.8, 4) is 0 Å².